The average Bonchev–Trinajstić information content (AvgIpc) is 2.39. The lowest BCUT2D eigenvalue weighted by molar-refractivity contribution is 0.0333. The molecule has 0 radical (unpaired) electrons. The van der Waals surface area contributed by atoms with E-state index >= 15 is 0 Å². The smallest absolute Gasteiger partial charge is 0.411 e. The van der Waals surface area contributed by atoms with E-state index in [1.54, 1.807) is 12.1 Å². The highest BCUT2D eigenvalue weighted by molar-refractivity contribution is 5.84. The molecule has 1 aromatic rings. The van der Waals surface area contributed by atoms with Crippen LogP contribution in [0, 0.1) is 0 Å². The van der Waals surface area contributed by atoms with Crippen molar-refractivity contribution in [2.45, 2.75) is 6.92 Å². The van der Waals surface area contributed by atoms with Crippen LogP contribution >= 0.6 is 0 Å². The SMILES string of the molecule is CCOCCOCCOC(=O)Nc1ccccc1. The van der Waals surface area contributed by atoms with Crippen molar-refractivity contribution in [3.63, 3.8) is 0 Å². The van der Waals surface area contributed by atoms with Gasteiger partial charge >= 0.3 is 6.09 Å². The van der Waals surface area contributed by atoms with Gasteiger partial charge in [-0.25, -0.2) is 4.79 Å². The van der Waals surface area contributed by atoms with Crippen molar-refractivity contribution < 1.29 is 19.0 Å². The van der Waals surface area contributed by atoms with Crippen molar-refractivity contribution in [3.05, 3.63) is 30.3 Å². The predicted octanol–water partition coefficient (Wildman–Crippen LogP) is 2.29. The molecule has 1 rings (SSSR count). The van der Waals surface area contributed by atoms with Crippen LogP contribution in [-0.4, -0.2) is 39.1 Å². The Bertz CT molecular complexity index is 329. The van der Waals surface area contributed by atoms with Gasteiger partial charge in [-0.2, -0.15) is 0 Å². The fraction of sp³-hybridized carbons (Fsp3) is 0.462. The van der Waals surface area contributed by atoms with E-state index in [4.69, 9.17) is 14.2 Å². The highest BCUT2D eigenvalue weighted by atomic mass is 16.6. The minimum atomic E-state index is -0.477. The van der Waals surface area contributed by atoms with Gasteiger partial charge in [-0.1, -0.05) is 18.2 Å². The molecule has 18 heavy (non-hydrogen) atoms. The highest BCUT2D eigenvalue weighted by Crippen LogP contribution is 2.04. The molecule has 0 saturated heterocycles. The summed E-state index contributed by atoms with van der Waals surface area (Å²) in [7, 11) is 0. The third kappa shape index (κ3) is 6.88. The summed E-state index contributed by atoms with van der Waals surface area (Å²) < 4.78 is 15.2. The summed E-state index contributed by atoms with van der Waals surface area (Å²) in [6.45, 7) is 4.28. The van der Waals surface area contributed by atoms with Crippen LogP contribution in [0.4, 0.5) is 10.5 Å². The molecule has 0 bridgehead atoms. The number of hydrogen-bond acceptors (Lipinski definition) is 4. The lowest BCUT2D eigenvalue weighted by atomic mass is 10.3. The molecule has 5 nitrogen and oxygen atoms in total. The molecule has 100 valence electrons. The van der Waals surface area contributed by atoms with Crippen LogP contribution in [0.25, 0.3) is 0 Å². The zero-order valence-electron chi connectivity index (χ0n) is 10.6. The number of anilines is 1. The molecule has 0 heterocycles. The number of carbonyl (C=O) groups excluding carboxylic acids is 1. The number of rotatable bonds is 8. The van der Waals surface area contributed by atoms with Crippen LogP contribution < -0.4 is 5.32 Å². The normalized spacial score (nSPS) is 10.1. The maximum atomic E-state index is 11.3. The molecule has 0 fully saturated rings. The number of nitrogens with one attached hydrogen (secondary N) is 1. The van der Waals surface area contributed by atoms with Gasteiger partial charge in [0.2, 0.25) is 0 Å². The lowest BCUT2D eigenvalue weighted by Gasteiger charge is -2.07. The first-order valence-corrected chi connectivity index (χ1v) is 5.97. The number of carbonyl (C=O) groups is 1. The van der Waals surface area contributed by atoms with E-state index in [0.717, 1.165) is 0 Å². The number of amides is 1. The van der Waals surface area contributed by atoms with Crippen LogP contribution in [0.3, 0.4) is 0 Å². The monoisotopic (exact) mass is 253 g/mol. The summed E-state index contributed by atoms with van der Waals surface area (Å²) in [5.74, 6) is 0. The number of benzene rings is 1. The fourth-order valence-corrected chi connectivity index (χ4v) is 1.23. The molecular weight excluding hydrogens is 234 g/mol. The van der Waals surface area contributed by atoms with Crippen molar-refractivity contribution in [1.82, 2.24) is 0 Å². The Hall–Kier alpha value is -1.59. The van der Waals surface area contributed by atoms with Crippen molar-refractivity contribution in [1.29, 1.82) is 0 Å². The molecule has 0 unspecified atom stereocenters. The Morgan fingerprint density at radius 2 is 1.72 bits per heavy atom. The van der Waals surface area contributed by atoms with E-state index in [9.17, 15) is 4.79 Å². The standard InChI is InChI=1S/C13H19NO4/c1-2-16-8-9-17-10-11-18-13(15)14-12-6-4-3-5-7-12/h3-7H,2,8-11H2,1H3,(H,14,15). The van der Waals surface area contributed by atoms with E-state index < -0.39 is 6.09 Å². The molecule has 0 atom stereocenters. The molecule has 1 N–H and O–H groups in total. The van der Waals surface area contributed by atoms with Crippen molar-refractivity contribution in [2.24, 2.45) is 0 Å². The van der Waals surface area contributed by atoms with Crippen LogP contribution in [-0.2, 0) is 14.2 Å². The Labute approximate surface area is 107 Å². The average molecular weight is 253 g/mol. The van der Waals surface area contributed by atoms with Crippen LogP contribution in [0.1, 0.15) is 6.92 Å². The first-order chi connectivity index (χ1) is 8.83. The fourth-order valence-electron chi connectivity index (χ4n) is 1.23. The first kappa shape index (κ1) is 14.5. The second kappa shape index (κ2) is 9.44. The number of para-hydroxylation sites is 1. The Morgan fingerprint density at radius 1 is 1.06 bits per heavy atom. The Balaban J connectivity index is 2.00. The van der Waals surface area contributed by atoms with Gasteiger partial charge in [0.25, 0.3) is 0 Å². The van der Waals surface area contributed by atoms with E-state index in [-0.39, 0.29) is 6.61 Å². The second-order valence-corrected chi connectivity index (χ2v) is 3.44. The van der Waals surface area contributed by atoms with Crippen LogP contribution in [0.5, 0.6) is 0 Å². The molecule has 0 saturated carbocycles. The summed E-state index contributed by atoms with van der Waals surface area (Å²) >= 11 is 0. The molecule has 1 amide bonds. The molecule has 0 aliphatic carbocycles. The predicted molar refractivity (Wildman–Crippen MR) is 68.7 cm³/mol. The van der Waals surface area contributed by atoms with Crippen molar-refractivity contribution >= 4 is 11.8 Å². The highest BCUT2D eigenvalue weighted by Gasteiger charge is 2.01. The van der Waals surface area contributed by atoms with Gasteiger partial charge < -0.3 is 14.2 Å². The van der Waals surface area contributed by atoms with Crippen LogP contribution in [0.15, 0.2) is 30.3 Å². The largest absolute Gasteiger partial charge is 0.447 e. The van der Waals surface area contributed by atoms with E-state index in [2.05, 4.69) is 5.32 Å². The van der Waals surface area contributed by atoms with Crippen molar-refractivity contribution in [3.8, 4) is 0 Å². The molecule has 0 aromatic heterocycles. The van der Waals surface area contributed by atoms with Gasteiger partial charge in [-0.3, -0.25) is 5.32 Å². The second-order valence-electron chi connectivity index (χ2n) is 3.44. The molecule has 5 heteroatoms. The summed E-state index contributed by atoms with van der Waals surface area (Å²) in [5, 5.41) is 2.61. The van der Waals surface area contributed by atoms with Gasteiger partial charge in [0, 0.05) is 12.3 Å². The quantitative estimate of drug-likeness (QED) is 0.722. The van der Waals surface area contributed by atoms with Gasteiger partial charge in [0.1, 0.15) is 6.61 Å². The maximum absolute atomic E-state index is 11.3. The summed E-state index contributed by atoms with van der Waals surface area (Å²) in [6, 6.07) is 9.14. The van der Waals surface area contributed by atoms with E-state index in [1.807, 2.05) is 25.1 Å². The Kier molecular flexibility index (Phi) is 7.59. The topological polar surface area (TPSA) is 56.8 Å². The van der Waals surface area contributed by atoms with E-state index in [0.29, 0.717) is 32.1 Å². The summed E-state index contributed by atoms with van der Waals surface area (Å²) in [5.41, 5.74) is 0.708. The summed E-state index contributed by atoms with van der Waals surface area (Å²) in [6.07, 6.45) is -0.477. The van der Waals surface area contributed by atoms with E-state index in [1.165, 1.54) is 0 Å². The van der Waals surface area contributed by atoms with Crippen LogP contribution in [0.2, 0.25) is 0 Å². The molecular formula is C13H19NO4. The molecule has 1 aromatic carbocycles. The minimum Gasteiger partial charge on any atom is -0.447 e. The maximum Gasteiger partial charge on any atom is 0.411 e. The number of hydrogen-bond donors (Lipinski definition) is 1. The van der Waals surface area contributed by atoms with Gasteiger partial charge in [0.15, 0.2) is 0 Å². The molecule has 0 spiro atoms. The van der Waals surface area contributed by atoms with Gasteiger partial charge in [-0.15, -0.1) is 0 Å². The Morgan fingerprint density at radius 3 is 2.44 bits per heavy atom. The lowest BCUT2D eigenvalue weighted by Crippen LogP contribution is -2.17. The zero-order valence-corrected chi connectivity index (χ0v) is 10.6. The molecule has 0 aliphatic heterocycles. The zero-order chi connectivity index (χ0) is 13.1. The minimum absolute atomic E-state index is 0.227. The van der Waals surface area contributed by atoms with Gasteiger partial charge in [0.05, 0.1) is 19.8 Å². The number of ether oxygens (including phenoxy) is 3. The first-order valence-electron chi connectivity index (χ1n) is 5.97. The summed E-state index contributed by atoms with van der Waals surface area (Å²) in [4.78, 5) is 11.3. The van der Waals surface area contributed by atoms with Crippen molar-refractivity contribution in [2.75, 3.05) is 38.4 Å². The third-order valence-corrected chi connectivity index (χ3v) is 2.06. The van der Waals surface area contributed by atoms with Gasteiger partial charge in [-0.05, 0) is 19.1 Å². The molecule has 0 aliphatic rings. The third-order valence-electron chi connectivity index (χ3n) is 2.06.